The predicted octanol–water partition coefficient (Wildman–Crippen LogP) is 3.43. The van der Waals surface area contributed by atoms with Gasteiger partial charge in [0.2, 0.25) is 0 Å². The maximum absolute atomic E-state index is 11.8. The number of hydrogen-bond acceptors (Lipinski definition) is 4. The first-order chi connectivity index (χ1) is 10.2. The van der Waals surface area contributed by atoms with Gasteiger partial charge in [0.15, 0.2) is 0 Å². The van der Waals surface area contributed by atoms with Gasteiger partial charge >= 0.3 is 6.09 Å². The smallest absolute Gasteiger partial charge is 0.407 e. The molecule has 1 amide bonds. The normalized spacial score (nSPS) is 18.5. The molecule has 0 aromatic carbocycles. The summed E-state index contributed by atoms with van der Waals surface area (Å²) in [6.45, 7) is 7.52. The number of aromatic nitrogens is 1. The Morgan fingerprint density at radius 2 is 2.14 bits per heavy atom. The first kappa shape index (κ1) is 16.3. The number of carbonyl (C=O) groups is 1. The van der Waals surface area contributed by atoms with E-state index in [1.165, 1.54) is 5.57 Å². The molecule has 1 aromatic rings. The number of amides is 1. The minimum Gasteiger partial charge on any atom is -0.444 e. The molecule has 0 aliphatic heterocycles. The average molecular weight is 303 g/mol. The topological polar surface area (TPSA) is 77.2 Å². The molecule has 22 heavy (non-hydrogen) atoms. The number of hydrogen-bond donors (Lipinski definition) is 2. The van der Waals surface area contributed by atoms with Crippen molar-refractivity contribution >= 4 is 17.4 Å². The second kappa shape index (κ2) is 6.38. The van der Waals surface area contributed by atoms with Gasteiger partial charge in [-0.25, -0.2) is 4.79 Å². The van der Waals surface area contributed by atoms with E-state index in [4.69, 9.17) is 10.5 Å². The number of pyridine rings is 1. The van der Waals surface area contributed by atoms with E-state index in [1.807, 2.05) is 39.8 Å². The van der Waals surface area contributed by atoms with Gasteiger partial charge in [-0.2, -0.15) is 0 Å². The first-order valence-electron chi connectivity index (χ1n) is 7.66. The molecule has 1 aliphatic carbocycles. The van der Waals surface area contributed by atoms with Crippen molar-refractivity contribution in [3.63, 3.8) is 0 Å². The van der Waals surface area contributed by atoms with E-state index in [2.05, 4.69) is 16.4 Å². The zero-order valence-corrected chi connectivity index (χ0v) is 13.8. The molecule has 0 bridgehead atoms. The third-order valence-corrected chi connectivity index (χ3v) is 3.44. The van der Waals surface area contributed by atoms with Crippen LogP contribution in [-0.4, -0.2) is 22.7 Å². The summed E-state index contributed by atoms with van der Waals surface area (Å²) in [6, 6.07) is 3.88. The monoisotopic (exact) mass is 303 g/mol. The molecule has 1 aromatic heterocycles. The van der Waals surface area contributed by atoms with E-state index in [-0.39, 0.29) is 12.1 Å². The fourth-order valence-corrected chi connectivity index (χ4v) is 2.53. The molecule has 3 N–H and O–H groups in total. The Kier molecular flexibility index (Phi) is 4.74. The molecule has 5 heteroatoms. The van der Waals surface area contributed by atoms with Crippen molar-refractivity contribution in [1.29, 1.82) is 0 Å². The van der Waals surface area contributed by atoms with Crippen LogP contribution in [0.4, 0.5) is 10.5 Å². The van der Waals surface area contributed by atoms with Crippen LogP contribution in [0, 0.1) is 6.92 Å². The molecule has 0 radical (unpaired) electrons. The van der Waals surface area contributed by atoms with Gasteiger partial charge in [-0.1, -0.05) is 6.08 Å². The van der Waals surface area contributed by atoms with Crippen LogP contribution in [0.15, 0.2) is 18.2 Å². The van der Waals surface area contributed by atoms with Gasteiger partial charge in [-0.15, -0.1) is 0 Å². The Bertz CT molecular complexity index is 568. The minimum atomic E-state index is -0.469. The molecule has 1 aliphatic rings. The summed E-state index contributed by atoms with van der Waals surface area (Å²) in [7, 11) is 0. The van der Waals surface area contributed by atoms with Crippen LogP contribution < -0.4 is 11.1 Å². The average Bonchev–Trinajstić information content (AvgIpc) is 2.36. The molecule has 1 heterocycles. The Balaban J connectivity index is 1.96. The highest BCUT2D eigenvalue weighted by Crippen LogP contribution is 2.27. The summed E-state index contributed by atoms with van der Waals surface area (Å²) in [6.07, 6.45) is 4.31. The van der Waals surface area contributed by atoms with Gasteiger partial charge < -0.3 is 15.8 Å². The molecule has 1 atom stereocenters. The molecule has 5 nitrogen and oxygen atoms in total. The zero-order valence-electron chi connectivity index (χ0n) is 13.8. The summed E-state index contributed by atoms with van der Waals surface area (Å²) in [5.74, 6) is 0. The Morgan fingerprint density at radius 3 is 2.68 bits per heavy atom. The third-order valence-electron chi connectivity index (χ3n) is 3.44. The lowest BCUT2D eigenvalue weighted by Gasteiger charge is -2.25. The summed E-state index contributed by atoms with van der Waals surface area (Å²) < 4.78 is 5.28. The second-order valence-corrected chi connectivity index (χ2v) is 6.77. The number of anilines is 1. The maximum atomic E-state index is 11.8. The van der Waals surface area contributed by atoms with Crippen molar-refractivity contribution in [3.05, 3.63) is 29.6 Å². The minimum absolute atomic E-state index is 0.112. The van der Waals surface area contributed by atoms with E-state index in [9.17, 15) is 4.79 Å². The molecular weight excluding hydrogens is 278 g/mol. The van der Waals surface area contributed by atoms with E-state index in [0.717, 1.165) is 36.3 Å². The van der Waals surface area contributed by atoms with Crippen LogP contribution in [0.3, 0.4) is 0 Å². The molecule has 1 unspecified atom stereocenters. The fourth-order valence-electron chi connectivity index (χ4n) is 2.53. The molecule has 120 valence electrons. The highest BCUT2D eigenvalue weighted by Gasteiger charge is 2.21. The Morgan fingerprint density at radius 1 is 1.41 bits per heavy atom. The molecular formula is C17H25N3O2. The van der Waals surface area contributed by atoms with Crippen molar-refractivity contribution in [2.45, 2.75) is 58.6 Å². The number of allylic oxidation sites excluding steroid dienone is 1. The Hall–Kier alpha value is -2.04. The largest absolute Gasteiger partial charge is 0.444 e. The van der Waals surface area contributed by atoms with Crippen LogP contribution in [-0.2, 0) is 4.74 Å². The standard InChI is InChI=1S/C17H25N3O2/c1-11-9-13(18)10-15(19-11)12-5-7-14(8-6-12)20-16(21)22-17(2,3)4/h5,9-10,14H,6-8H2,1-4H3,(H2,18,19)(H,20,21). The van der Waals surface area contributed by atoms with E-state index in [0.29, 0.717) is 0 Å². The van der Waals surface area contributed by atoms with Crippen molar-refractivity contribution in [2.24, 2.45) is 0 Å². The van der Waals surface area contributed by atoms with Gasteiger partial charge in [-0.05, 0) is 64.7 Å². The summed E-state index contributed by atoms with van der Waals surface area (Å²) >= 11 is 0. The highest BCUT2D eigenvalue weighted by atomic mass is 16.6. The zero-order chi connectivity index (χ0) is 16.3. The number of alkyl carbamates (subject to hydrolysis) is 1. The number of aryl methyl sites for hydroxylation is 1. The quantitative estimate of drug-likeness (QED) is 0.877. The maximum Gasteiger partial charge on any atom is 0.407 e. The van der Waals surface area contributed by atoms with Crippen LogP contribution in [0.25, 0.3) is 5.57 Å². The number of carbonyl (C=O) groups excluding carboxylic acids is 1. The van der Waals surface area contributed by atoms with Crippen molar-refractivity contribution in [1.82, 2.24) is 10.3 Å². The molecule has 0 saturated heterocycles. The van der Waals surface area contributed by atoms with Gasteiger partial charge in [0.25, 0.3) is 0 Å². The highest BCUT2D eigenvalue weighted by molar-refractivity contribution is 5.69. The summed E-state index contributed by atoms with van der Waals surface area (Å²) in [4.78, 5) is 16.3. The van der Waals surface area contributed by atoms with Crippen molar-refractivity contribution in [3.8, 4) is 0 Å². The molecule has 0 saturated carbocycles. The van der Waals surface area contributed by atoms with Crippen molar-refractivity contribution < 1.29 is 9.53 Å². The number of nitrogens with zero attached hydrogens (tertiary/aromatic N) is 1. The molecule has 0 fully saturated rings. The number of rotatable bonds is 2. The summed E-state index contributed by atoms with van der Waals surface area (Å²) in [5, 5.41) is 2.92. The lowest BCUT2D eigenvalue weighted by molar-refractivity contribution is 0.0502. The van der Waals surface area contributed by atoms with E-state index in [1.54, 1.807) is 0 Å². The number of nitrogens with two attached hydrogens (primary N) is 1. The van der Waals surface area contributed by atoms with Gasteiger partial charge in [0, 0.05) is 17.4 Å². The van der Waals surface area contributed by atoms with Crippen LogP contribution in [0.1, 0.15) is 51.4 Å². The number of nitrogens with one attached hydrogen (secondary N) is 1. The fraction of sp³-hybridized carbons (Fsp3) is 0.529. The van der Waals surface area contributed by atoms with Gasteiger partial charge in [0.1, 0.15) is 5.60 Å². The van der Waals surface area contributed by atoms with Gasteiger partial charge in [-0.3, -0.25) is 4.98 Å². The third kappa shape index (κ3) is 4.76. The van der Waals surface area contributed by atoms with Crippen LogP contribution in [0.2, 0.25) is 0 Å². The van der Waals surface area contributed by atoms with E-state index < -0.39 is 5.60 Å². The van der Waals surface area contributed by atoms with Crippen LogP contribution >= 0.6 is 0 Å². The van der Waals surface area contributed by atoms with Crippen LogP contribution in [0.5, 0.6) is 0 Å². The molecule has 0 spiro atoms. The lowest BCUT2D eigenvalue weighted by Crippen LogP contribution is -2.39. The Labute approximate surface area is 131 Å². The molecule has 2 rings (SSSR count). The first-order valence-corrected chi connectivity index (χ1v) is 7.66. The summed E-state index contributed by atoms with van der Waals surface area (Å²) in [5.41, 5.74) is 9.19. The SMILES string of the molecule is Cc1cc(N)cc(C2=CCC(NC(=O)OC(C)(C)C)CC2)n1. The van der Waals surface area contributed by atoms with E-state index >= 15 is 0 Å². The predicted molar refractivity (Wildman–Crippen MR) is 88.4 cm³/mol. The van der Waals surface area contributed by atoms with Crippen molar-refractivity contribution in [2.75, 3.05) is 5.73 Å². The lowest BCUT2D eigenvalue weighted by atomic mass is 9.93. The second-order valence-electron chi connectivity index (χ2n) is 6.77. The van der Waals surface area contributed by atoms with Gasteiger partial charge in [0.05, 0.1) is 5.69 Å². The number of ether oxygens (including phenoxy) is 1. The number of nitrogen functional groups attached to an aromatic ring is 1.